The standard InChI is InChI=1S/C15H24N2/c1-5-9-15(10-11-16(3)17(15)4)14-8-6-7-13(2)12-14/h6-8,12H,5,9-11H2,1-4H3. The van der Waals surface area contributed by atoms with Gasteiger partial charge in [0.15, 0.2) is 0 Å². The third-order valence-electron chi connectivity index (χ3n) is 4.20. The molecule has 0 aliphatic carbocycles. The second-order valence-electron chi connectivity index (χ2n) is 5.31. The number of hydrazine groups is 1. The highest BCUT2D eigenvalue weighted by Gasteiger charge is 2.42. The molecule has 17 heavy (non-hydrogen) atoms. The van der Waals surface area contributed by atoms with Crippen molar-refractivity contribution in [3.05, 3.63) is 35.4 Å². The van der Waals surface area contributed by atoms with Gasteiger partial charge in [0.05, 0.1) is 5.54 Å². The predicted molar refractivity (Wildman–Crippen MR) is 72.8 cm³/mol. The molecule has 2 nitrogen and oxygen atoms in total. The summed E-state index contributed by atoms with van der Waals surface area (Å²) in [5.41, 5.74) is 3.06. The van der Waals surface area contributed by atoms with E-state index in [0.717, 1.165) is 6.54 Å². The van der Waals surface area contributed by atoms with Gasteiger partial charge < -0.3 is 0 Å². The summed E-state index contributed by atoms with van der Waals surface area (Å²) in [6, 6.07) is 9.01. The van der Waals surface area contributed by atoms with E-state index in [9.17, 15) is 0 Å². The lowest BCUT2D eigenvalue weighted by atomic mass is 9.83. The summed E-state index contributed by atoms with van der Waals surface area (Å²) >= 11 is 0. The van der Waals surface area contributed by atoms with Crippen LogP contribution in [0.25, 0.3) is 0 Å². The lowest BCUT2D eigenvalue weighted by Gasteiger charge is -2.38. The van der Waals surface area contributed by atoms with Crippen molar-refractivity contribution >= 4 is 0 Å². The van der Waals surface area contributed by atoms with Crippen LogP contribution < -0.4 is 0 Å². The van der Waals surface area contributed by atoms with Gasteiger partial charge in [0.2, 0.25) is 0 Å². The highest BCUT2D eigenvalue weighted by atomic mass is 15.6. The van der Waals surface area contributed by atoms with E-state index in [2.05, 4.69) is 62.2 Å². The molecule has 0 amide bonds. The highest BCUT2D eigenvalue weighted by Crippen LogP contribution is 2.41. The quantitative estimate of drug-likeness (QED) is 0.790. The molecule has 1 aromatic rings. The van der Waals surface area contributed by atoms with Crippen LogP contribution in [0.3, 0.4) is 0 Å². The third kappa shape index (κ3) is 2.12. The average Bonchev–Trinajstić information content (AvgIpc) is 2.59. The summed E-state index contributed by atoms with van der Waals surface area (Å²) in [5.74, 6) is 0. The first-order valence-electron chi connectivity index (χ1n) is 6.62. The van der Waals surface area contributed by atoms with Crippen LogP contribution in [0.15, 0.2) is 24.3 Å². The van der Waals surface area contributed by atoms with Crippen LogP contribution in [0, 0.1) is 6.92 Å². The lowest BCUT2D eigenvalue weighted by molar-refractivity contribution is -0.0111. The Balaban J connectivity index is 2.41. The number of aryl methyl sites for hydroxylation is 1. The second kappa shape index (κ2) is 4.79. The van der Waals surface area contributed by atoms with Crippen LogP contribution in [-0.2, 0) is 5.54 Å². The number of benzene rings is 1. The fourth-order valence-electron chi connectivity index (χ4n) is 3.10. The summed E-state index contributed by atoms with van der Waals surface area (Å²) in [6.45, 7) is 5.62. The van der Waals surface area contributed by atoms with Crippen LogP contribution in [0.1, 0.15) is 37.3 Å². The zero-order chi connectivity index (χ0) is 12.5. The molecule has 0 saturated carbocycles. The van der Waals surface area contributed by atoms with Crippen LogP contribution in [-0.4, -0.2) is 30.7 Å². The molecule has 1 heterocycles. The first-order valence-corrected chi connectivity index (χ1v) is 6.62. The predicted octanol–water partition coefficient (Wildman–Crippen LogP) is 3.17. The fourth-order valence-corrected chi connectivity index (χ4v) is 3.10. The van der Waals surface area contributed by atoms with E-state index in [-0.39, 0.29) is 5.54 Å². The Kier molecular flexibility index (Phi) is 3.55. The number of nitrogens with zero attached hydrogens (tertiary/aromatic N) is 2. The van der Waals surface area contributed by atoms with E-state index in [1.165, 1.54) is 30.4 Å². The average molecular weight is 232 g/mol. The van der Waals surface area contributed by atoms with E-state index < -0.39 is 0 Å². The Bertz CT molecular complexity index is 384. The van der Waals surface area contributed by atoms with Crippen LogP contribution in [0.4, 0.5) is 0 Å². The van der Waals surface area contributed by atoms with Crippen molar-refractivity contribution in [2.24, 2.45) is 0 Å². The third-order valence-corrected chi connectivity index (χ3v) is 4.20. The van der Waals surface area contributed by atoms with E-state index in [1.807, 2.05) is 0 Å². The fraction of sp³-hybridized carbons (Fsp3) is 0.600. The summed E-state index contributed by atoms with van der Waals surface area (Å²) in [4.78, 5) is 0. The molecule has 0 radical (unpaired) electrons. The summed E-state index contributed by atoms with van der Waals surface area (Å²) in [7, 11) is 4.41. The summed E-state index contributed by atoms with van der Waals surface area (Å²) in [5, 5.41) is 4.78. The van der Waals surface area contributed by atoms with E-state index in [4.69, 9.17) is 0 Å². The summed E-state index contributed by atoms with van der Waals surface area (Å²) in [6.07, 6.45) is 3.70. The van der Waals surface area contributed by atoms with Gasteiger partial charge in [-0.1, -0.05) is 43.2 Å². The molecule has 1 fully saturated rings. The Morgan fingerprint density at radius 1 is 1.29 bits per heavy atom. The number of hydrogen-bond donors (Lipinski definition) is 0. The van der Waals surface area contributed by atoms with E-state index in [1.54, 1.807) is 0 Å². The largest absolute Gasteiger partial charge is 0.244 e. The van der Waals surface area contributed by atoms with Gasteiger partial charge in [-0.25, -0.2) is 10.0 Å². The molecular weight excluding hydrogens is 208 g/mol. The van der Waals surface area contributed by atoms with Gasteiger partial charge in [0.1, 0.15) is 0 Å². The van der Waals surface area contributed by atoms with Crippen LogP contribution >= 0.6 is 0 Å². The van der Waals surface area contributed by atoms with Crippen molar-refractivity contribution in [2.75, 3.05) is 20.6 Å². The molecule has 1 aromatic carbocycles. The Hall–Kier alpha value is -0.860. The molecule has 94 valence electrons. The monoisotopic (exact) mass is 232 g/mol. The van der Waals surface area contributed by atoms with Gasteiger partial charge >= 0.3 is 0 Å². The number of rotatable bonds is 3. The van der Waals surface area contributed by atoms with Crippen LogP contribution in [0.5, 0.6) is 0 Å². The molecule has 0 aromatic heterocycles. The maximum absolute atomic E-state index is 2.44. The molecule has 1 saturated heterocycles. The van der Waals surface area contributed by atoms with Gasteiger partial charge in [0.25, 0.3) is 0 Å². The zero-order valence-electron chi connectivity index (χ0n) is 11.5. The van der Waals surface area contributed by atoms with Crippen molar-refractivity contribution < 1.29 is 0 Å². The highest BCUT2D eigenvalue weighted by molar-refractivity contribution is 5.30. The smallest absolute Gasteiger partial charge is 0.0614 e. The molecular formula is C15H24N2. The van der Waals surface area contributed by atoms with Crippen molar-refractivity contribution in [2.45, 2.75) is 38.6 Å². The zero-order valence-corrected chi connectivity index (χ0v) is 11.5. The van der Waals surface area contributed by atoms with Gasteiger partial charge in [0, 0.05) is 20.6 Å². The SMILES string of the molecule is CCCC1(c2cccc(C)c2)CCN(C)N1C. The van der Waals surface area contributed by atoms with Gasteiger partial charge in [-0.15, -0.1) is 0 Å². The Labute approximate surface area is 105 Å². The molecule has 2 rings (SSSR count). The molecule has 1 aliphatic rings. The number of hydrogen-bond acceptors (Lipinski definition) is 2. The maximum atomic E-state index is 2.44. The molecule has 0 bridgehead atoms. The minimum Gasteiger partial charge on any atom is -0.244 e. The first kappa shape index (κ1) is 12.6. The van der Waals surface area contributed by atoms with E-state index in [0.29, 0.717) is 0 Å². The first-order chi connectivity index (χ1) is 8.10. The Morgan fingerprint density at radius 2 is 2.06 bits per heavy atom. The van der Waals surface area contributed by atoms with E-state index >= 15 is 0 Å². The molecule has 1 atom stereocenters. The lowest BCUT2D eigenvalue weighted by Crippen LogP contribution is -2.43. The topological polar surface area (TPSA) is 6.48 Å². The van der Waals surface area contributed by atoms with Gasteiger partial charge in [-0.05, 0) is 25.3 Å². The minimum atomic E-state index is 0.218. The molecule has 0 N–H and O–H groups in total. The molecule has 1 aliphatic heterocycles. The van der Waals surface area contributed by atoms with Gasteiger partial charge in [-0.2, -0.15) is 0 Å². The van der Waals surface area contributed by atoms with Gasteiger partial charge in [-0.3, -0.25) is 0 Å². The van der Waals surface area contributed by atoms with Crippen molar-refractivity contribution in [3.63, 3.8) is 0 Å². The summed E-state index contributed by atoms with van der Waals surface area (Å²) < 4.78 is 0. The van der Waals surface area contributed by atoms with Crippen molar-refractivity contribution in [1.29, 1.82) is 0 Å². The minimum absolute atomic E-state index is 0.218. The van der Waals surface area contributed by atoms with Crippen LogP contribution in [0.2, 0.25) is 0 Å². The molecule has 1 unspecified atom stereocenters. The second-order valence-corrected chi connectivity index (χ2v) is 5.31. The maximum Gasteiger partial charge on any atom is 0.0614 e. The molecule has 0 spiro atoms. The molecule has 2 heteroatoms. The Morgan fingerprint density at radius 3 is 2.59 bits per heavy atom. The van der Waals surface area contributed by atoms with Crippen molar-refractivity contribution in [1.82, 2.24) is 10.0 Å². The normalized spacial score (nSPS) is 26.6. The van der Waals surface area contributed by atoms with Crippen molar-refractivity contribution in [3.8, 4) is 0 Å².